The minimum absolute atomic E-state index is 0.00917. The number of ether oxygens (including phenoxy) is 1. The predicted molar refractivity (Wildman–Crippen MR) is 57.9 cm³/mol. The van der Waals surface area contributed by atoms with Gasteiger partial charge in [0, 0.05) is 5.56 Å². The number of terminal acetylenes is 1. The third kappa shape index (κ3) is 1.52. The Bertz CT molecular complexity index is 398. The Kier molecular flexibility index (Phi) is 2.28. The van der Waals surface area contributed by atoms with Gasteiger partial charge in [-0.15, -0.1) is 6.42 Å². The molecule has 2 atom stereocenters. The number of rotatable bonds is 1. The highest BCUT2D eigenvalue weighted by molar-refractivity contribution is 5.59. The minimum atomic E-state index is 0.00917. The highest BCUT2D eigenvalue weighted by atomic mass is 16.5. The lowest BCUT2D eigenvalue weighted by Crippen LogP contribution is -2.23. The number of hydrogen-bond donors (Lipinski definition) is 0. The van der Waals surface area contributed by atoms with Gasteiger partial charge in [-0.25, -0.2) is 0 Å². The van der Waals surface area contributed by atoms with Gasteiger partial charge in [0.05, 0.1) is 5.92 Å². The van der Waals surface area contributed by atoms with Crippen LogP contribution in [0.3, 0.4) is 0 Å². The monoisotopic (exact) mass is 184 g/mol. The first kappa shape index (κ1) is 8.90. The van der Waals surface area contributed by atoms with Crippen LogP contribution in [0.1, 0.15) is 12.5 Å². The predicted octanol–water partition coefficient (Wildman–Crippen LogP) is 2.73. The van der Waals surface area contributed by atoms with Crippen molar-refractivity contribution in [3.05, 3.63) is 35.9 Å². The van der Waals surface area contributed by atoms with E-state index in [1.54, 1.807) is 0 Å². The van der Waals surface area contributed by atoms with E-state index >= 15 is 0 Å². The van der Waals surface area contributed by atoms with E-state index in [2.05, 4.69) is 12.0 Å². The molecule has 1 aliphatic heterocycles. The van der Waals surface area contributed by atoms with Gasteiger partial charge in [0.15, 0.2) is 0 Å². The molecule has 2 rings (SSSR count). The van der Waals surface area contributed by atoms with Crippen LogP contribution in [0.25, 0.3) is 6.08 Å². The van der Waals surface area contributed by atoms with Crippen molar-refractivity contribution in [2.75, 3.05) is 0 Å². The number of para-hydroxylation sites is 1. The lowest BCUT2D eigenvalue weighted by molar-refractivity contribution is 0.212. The molecule has 1 heteroatoms. The largest absolute Gasteiger partial charge is 0.484 e. The number of fused-ring (bicyclic) bond motifs is 1. The van der Waals surface area contributed by atoms with Gasteiger partial charge in [0.2, 0.25) is 0 Å². The molecule has 0 spiro atoms. The molecule has 0 radical (unpaired) electrons. The van der Waals surface area contributed by atoms with Crippen LogP contribution in [0.4, 0.5) is 0 Å². The Morgan fingerprint density at radius 1 is 1.43 bits per heavy atom. The maximum absolute atomic E-state index is 5.76. The van der Waals surface area contributed by atoms with Gasteiger partial charge in [-0.3, -0.25) is 0 Å². The van der Waals surface area contributed by atoms with E-state index in [0.29, 0.717) is 0 Å². The van der Waals surface area contributed by atoms with Crippen LogP contribution < -0.4 is 4.74 Å². The molecule has 1 heterocycles. The van der Waals surface area contributed by atoms with Gasteiger partial charge in [0.25, 0.3) is 0 Å². The topological polar surface area (TPSA) is 9.23 Å². The minimum Gasteiger partial charge on any atom is -0.484 e. The molecule has 1 aromatic rings. The van der Waals surface area contributed by atoms with Gasteiger partial charge >= 0.3 is 0 Å². The Morgan fingerprint density at radius 3 is 3.00 bits per heavy atom. The third-order valence-electron chi connectivity index (χ3n) is 2.40. The van der Waals surface area contributed by atoms with Gasteiger partial charge < -0.3 is 4.74 Å². The van der Waals surface area contributed by atoms with Gasteiger partial charge in [-0.2, -0.15) is 0 Å². The zero-order chi connectivity index (χ0) is 9.97. The smallest absolute Gasteiger partial charge is 0.131 e. The lowest BCUT2D eigenvalue weighted by atomic mass is 10.0. The summed E-state index contributed by atoms with van der Waals surface area (Å²) >= 11 is 0. The van der Waals surface area contributed by atoms with E-state index in [-0.39, 0.29) is 12.0 Å². The van der Waals surface area contributed by atoms with Gasteiger partial charge in [0.1, 0.15) is 11.9 Å². The van der Waals surface area contributed by atoms with E-state index in [1.807, 2.05) is 37.3 Å². The van der Waals surface area contributed by atoms with Crippen molar-refractivity contribution >= 4 is 6.08 Å². The summed E-state index contributed by atoms with van der Waals surface area (Å²) in [6.45, 7) is 1.99. The number of hydrogen-bond acceptors (Lipinski definition) is 1. The summed E-state index contributed by atoms with van der Waals surface area (Å²) in [5.74, 6) is 3.72. The molecule has 0 aliphatic carbocycles. The highest BCUT2D eigenvalue weighted by Crippen LogP contribution is 2.27. The molecule has 0 bridgehead atoms. The standard InChI is InChI=1S/C13H12O/c1-3-10(2)12-9-8-11-6-4-5-7-13(11)14-12/h1,4-10,12H,2H3. The fourth-order valence-electron chi connectivity index (χ4n) is 1.47. The molecule has 0 saturated carbocycles. The zero-order valence-electron chi connectivity index (χ0n) is 8.10. The molecule has 0 N–H and O–H groups in total. The molecular weight excluding hydrogens is 172 g/mol. The fraction of sp³-hybridized carbons (Fsp3) is 0.231. The van der Waals surface area contributed by atoms with Crippen molar-refractivity contribution in [3.63, 3.8) is 0 Å². The summed E-state index contributed by atoms with van der Waals surface area (Å²) in [6.07, 6.45) is 9.46. The van der Waals surface area contributed by atoms with E-state index in [9.17, 15) is 0 Å². The average Bonchev–Trinajstić information content (AvgIpc) is 2.27. The average molecular weight is 184 g/mol. The second-order valence-corrected chi connectivity index (χ2v) is 3.43. The summed E-state index contributed by atoms with van der Waals surface area (Å²) in [6, 6.07) is 7.96. The first-order chi connectivity index (χ1) is 6.81. The molecule has 14 heavy (non-hydrogen) atoms. The van der Waals surface area contributed by atoms with E-state index in [4.69, 9.17) is 11.2 Å². The highest BCUT2D eigenvalue weighted by Gasteiger charge is 2.18. The summed E-state index contributed by atoms with van der Waals surface area (Å²) in [5, 5.41) is 0. The second-order valence-electron chi connectivity index (χ2n) is 3.43. The molecule has 0 amide bonds. The second kappa shape index (κ2) is 3.59. The van der Waals surface area contributed by atoms with Crippen molar-refractivity contribution in [2.24, 2.45) is 5.92 Å². The normalized spacial score (nSPS) is 20.4. The van der Waals surface area contributed by atoms with Crippen molar-refractivity contribution in [1.82, 2.24) is 0 Å². The van der Waals surface area contributed by atoms with E-state index in [1.165, 1.54) is 0 Å². The van der Waals surface area contributed by atoms with E-state index in [0.717, 1.165) is 11.3 Å². The lowest BCUT2D eigenvalue weighted by Gasteiger charge is -2.23. The zero-order valence-corrected chi connectivity index (χ0v) is 8.10. The molecular formula is C13H12O. The molecule has 70 valence electrons. The first-order valence-corrected chi connectivity index (χ1v) is 4.71. The summed E-state index contributed by atoms with van der Waals surface area (Å²) in [7, 11) is 0. The van der Waals surface area contributed by atoms with Crippen molar-refractivity contribution < 1.29 is 4.74 Å². The summed E-state index contributed by atoms with van der Waals surface area (Å²) in [4.78, 5) is 0. The van der Waals surface area contributed by atoms with Crippen molar-refractivity contribution in [1.29, 1.82) is 0 Å². The molecule has 1 aliphatic rings. The van der Waals surface area contributed by atoms with Gasteiger partial charge in [-0.05, 0) is 19.1 Å². The Balaban J connectivity index is 2.26. The number of benzene rings is 1. The van der Waals surface area contributed by atoms with Crippen LogP contribution in [-0.4, -0.2) is 6.10 Å². The van der Waals surface area contributed by atoms with Crippen LogP contribution in [0, 0.1) is 18.3 Å². The summed E-state index contributed by atoms with van der Waals surface area (Å²) < 4.78 is 5.76. The van der Waals surface area contributed by atoms with Crippen molar-refractivity contribution in [2.45, 2.75) is 13.0 Å². The molecule has 1 nitrogen and oxygen atoms in total. The van der Waals surface area contributed by atoms with E-state index < -0.39 is 0 Å². The fourth-order valence-corrected chi connectivity index (χ4v) is 1.47. The van der Waals surface area contributed by atoms with Crippen LogP contribution in [0.2, 0.25) is 0 Å². The van der Waals surface area contributed by atoms with Crippen LogP contribution in [0.15, 0.2) is 30.3 Å². The van der Waals surface area contributed by atoms with Gasteiger partial charge in [-0.1, -0.05) is 30.2 Å². The maximum atomic E-state index is 5.76. The maximum Gasteiger partial charge on any atom is 0.131 e. The Labute approximate surface area is 84.4 Å². The summed E-state index contributed by atoms with van der Waals surface area (Å²) in [5.41, 5.74) is 1.12. The Hall–Kier alpha value is -1.68. The molecule has 0 fully saturated rings. The quantitative estimate of drug-likeness (QED) is 0.610. The first-order valence-electron chi connectivity index (χ1n) is 4.71. The molecule has 0 saturated heterocycles. The third-order valence-corrected chi connectivity index (χ3v) is 2.40. The Morgan fingerprint density at radius 2 is 2.21 bits per heavy atom. The molecule has 1 aromatic carbocycles. The van der Waals surface area contributed by atoms with Crippen LogP contribution in [-0.2, 0) is 0 Å². The SMILES string of the molecule is C#CC(C)C1C=Cc2ccccc2O1. The van der Waals surface area contributed by atoms with Crippen molar-refractivity contribution in [3.8, 4) is 18.1 Å². The van der Waals surface area contributed by atoms with Crippen LogP contribution >= 0.6 is 0 Å². The molecule has 0 aromatic heterocycles. The van der Waals surface area contributed by atoms with Crippen LogP contribution in [0.5, 0.6) is 5.75 Å². The molecule has 2 unspecified atom stereocenters.